The number of hydrogen-bond acceptors (Lipinski definition) is 4. The summed E-state index contributed by atoms with van der Waals surface area (Å²) >= 11 is -2.60. The summed E-state index contributed by atoms with van der Waals surface area (Å²) < 4.78 is 26.5. The van der Waals surface area contributed by atoms with Crippen molar-refractivity contribution in [3.63, 3.8) is 0 Å². The number of nitrogens with zero attached hydrogens (tertiary/aromatic N) is 1. The Morgan fingerprint density at radius 1 is 1.00 bits per heavy atom. The first-order valence-electron chi connectivity index (χ1n) is 12.1. The molecule has 0 aromatic heterocycles. The molecule has 4 aromatic carbocycles. The third-order valence-electron chi connectivity index (χ3n) is 6.85. The molecule has 0 saturated heterocycles. The number of carbonyl (C=O) groups excluding carboxylic acids is 1. The van der Waals surface area contributed by atoms with Gasteiger partial charge in [-0.1, -0.05) is 78.9 Å². The van der Waals surface area contributed by atoms with Gasteiger partial charge in [-0.15, -0.1) is 0 Å². The number of benzene rings is 4. The standard InChI is InChI=1S/C29H29N3O3S/c30-19-20-10-14-26-24(16-20)12-15-27(26)31-29(33)18-28(22-7-2-1-3-8-22)32(36(34)35)25-13-11-21-6-4-5-9-23(21)17-25/h1-11,13-14,16-17,27-28H,12,15,18-19,30H2,(H,31,33)(H,34,35)/p-1. The van der Waals surface area contributed by atoms with E-state index in [1.807, 2.05) is 78.9 Å². The van der Waals surface area contributed by atoms with Gasteiger partial charge in [-0.25, -0.2) is 0 Å². The Morgan fingerprint density at radius 3 is 2.50 bits per heavy atom. The average molecular weight is 499 g/mol. The summed E-state index contributed by atoms with van der Waals surface area (Å²) in [6.07, 6.45) is 1.69. The van der Waals surface area contributed by atoms with Crippen LogP contribution < -0.4 is 15.4 Å². The minimum atomic E-state index is -2.60. The number of nitrogens with one attached hydrogen (secondary N) is 1. The van der Waals surface area contributed by atoms with Gasteiger partial charge in [0.25, 0.3) is 0 Å². The SMILES string of the molecule is NCc1ccc2c(c1)CCC2NC(=O)CC(c1ccccc1)N(c1ccc2ccccc2c1)S(=O)[O-]. The third-order valence-corrected chi connectivity index (χ3v) is 7.64. The van der Waals surface area contributed by atoms with E-state index in [2.05, 4.69) is 11.4 Å². The lowest BCUT2D eigenvalue weighted by molar-refractivity contribution is -0.122. The summed E-state index contributed by atoms with van der Waals surface area (Å²) in [7, 11) is 0. The smallest absolute Gasteiger partial charge is 0.222 e. The van der Waals surface area contributed by atoms with E-state index in [4.69, 9.17) is 5.73 Å². The zero-order valence-electron chi connectivity index (χ0n) is 19.8. The van der Waals surface area contributed by atoms with Crippen molar-refractivity contribution < 1.29 is 13.6 Å². The minimum absolute atomic E-state index is 0.00244. The highest BCUT2D eigenvalue weighted by atomic mass is 32.2. The second-order valence-electron chi connectivity index (χ2n) is 9.10. The van der Waals surface area contributed by atoms with Gasteiger partial charge in [0.15, 0.2) is 0 Å². The van der Waals surface area contributed by atoms with Crippen LogP contribution in [0, 0.1) is 0 Å². The number of carbonyl (C=O) groups is 1. The van der Waals surface area contributed by atoms with E-state index in [1.54, 1.807) is 6.07 Å². The highest BCUT2D eigenvalue weighted by Gasteiger charge is 2.29. The summed E-state index contributed by atoms with van der Waals surface area (Å²) in [6, 6.07) is 28.0. The molecule has 0 aliphatic heterocycles. The Kier molecular flexibility index (Phi) is 7.13. The average Bonchev–Trinajstić information content (AvgIpc) is 3.30. The fourth-order valence-corrected chi connectivity index (χ4v) is 5.76. The fourth-order valence-electron chi connectivity index (χ4n) is 5.07. The van der Waals surface area contributed by atoms with Crippen LogP contribution in [0.15, 0.2) is 91.0 Å². The van der Waals surface area contributed by atoms with Gasteiger partial charge in [0.2, 0.25) is 5.91 Å². The molecule has 1 amide bonds. The molecule has 3 unspecified atom stereocenters. The number of amides is 1. The van der Waals surface area contributed by atoms with Crippen molar-refractivity contribution in [3.05, 3.63) is 113 Å². The molecule has 36 heavy (non-hydrogen) atoms. The van der Waals surface area contributed by atoms with Crippen molar-refractivity contribution in [3.8, 4) is 0 Å². The number of anilines is 1. The van der Waals surface area contributed by atoms with Crippen LogP contribution in [0.2, 0.25) is 0 Å². The molecule has 3 N–H and O–H groups in total. The maximum atomic E-state index is 13.3. The van der Waals surface area contributed by atoms with Crippen molar-refractivity contribution >= 4 is 33.6 Å². The first kappa shape index (κ1) is 24.2. The molecule has 1 aliphatic rings. The molecular formula is C29H28N3O3S-. The Labute approximate surface area is 213 Å². The third kappa shape index (κ3) is 5.04. The molecule has 0 spiro atoms. The van der Waals surface area contributed by atoms with Gasteiger partial charge in [-0.05, 0) is 58.0 Å². The Balaban J connectivity index is 1.43. The Morgan fingerprint density at radius 2 is 1.75 bits per heavy atom. The number of hydrogen-bond donors (Lipinski definition) is 2. The van der Waals surface area contributed by atoms with Crippen LogP contribution in [0.25, 0.3) is 10.8 Å². The molecule has 184 valence electrons. The van der Waals surface area contributed by atoms with E-state index in [0.29, 0.717) is 12.2 Å². The van der Waals surface area contributed by atoms with Crippen LogP contribution in [0.4, 0.5) is 5.69 Å². The van der Waals surface area contributed by atoms with Gasteiger partial charge in [-0.3, -0.25) is 13.3 Å². The van der Waals surface area contributed by atoms with Crippen molar-refractivity contribution in [2.24, 2.45) is 5.73 Å². The van der Waals surface area contributed by atoms with Crippen molar-refractivity contribution in [1.82, 2.24) is 5.32 Å². The van der Waals surface area contributed by atoms with Gasteiger partial charge in [0, 0.05) is 23.5 Å². The number of fused-ring (bicyclic) bond motifs is 2. The van der Waals surface area contributed by atoms with E-state index < -0.39 is 17.3 Å². The zero-order valence-corrected chi connectivity index (χ0v) is 20.6. The van der Waals surface area contributed by atoms with Crippen LogP contribution in [-0.2, 0) is 29.0 Å². The fraction of sp³-hybridized carbons (Fsp3) is 0.207. The van der Waals surface area contributed by atoms with Gasteiger partial charge >= 0.3 is 0 Å². The van der Waals surface area contributed by atoms with Crippen molar-refractivity contribution in [2.75, 3.05) is 4.31 Å². The second kappa shape index (κ2) is 10.6. The van der Waals surface area contributed by atoms with Gasteiger partial charge in [-0.2, -0.15) is 0 Å². The van der Waals surface area contributed by atoms with Crippen molar-refractivity contribution in [1.29, 1.82) is 0 Å². The lowest BCUT2D eigenvalue weighted by atomic mass is 10.0. The first-order chi connectivity index (χ1) is 17.5. The number of nitrogens with two attached hydrogens (primary N) is 1. The van der Waals surface area contributed by atoms with Crippen LogP contribution in [0.5, 0.6) is 0 Å². The molecule has 0 saturated carbocycles. The monoisotopic (exact) mass is 498 g/mol. The summed E-state index contributed by atoms with van der Waals surface area (Å²) in [5.74, 6) is -0.194. The van der Waals surface area contributed by atoms with Crippen LogP contribution in [0.1, 0.15) is 47.2 Å². The topological polar surface area (TPSA) is 98.5 Å². The molecule has 5 rings (SSSR count). The predicted molar refractivity (Wildman–Crippen MR) is 143 cm³/mol. The summed E-state index contributed by atoms with van der Waals surface area (Å²) in [6.45, 7) is 0.486. The van der Waals surface area contributed by atoms with Crippen molar-refractivity contribution in [2.45, 2.75) is 37.9 Å². The molecule has 0 bridgehead atoms. The van der Waals surface area contributed by atoms with Gasteiger partial charge in [0.1, 0.15) is 0 Å². The molecule has 6 nitrogen and oxygen atoms in total. The number of rotatable bonds is 8. The first-order valence-corrected chi connectivity index (χ1v) is 13.1. The van der Waals surface area contributed by atoms with Crippen LogP contribution >= 0.6 is 0 Å². The predicted octanol–water partition coefficient (Wildman–Crippen LogP) is 4.83. The zero-order chi connectivity index (χ0) is 25.1. The van der Waals surface area contributed by atoms with Crippen LogP contribution in [-0.4, -0.2) is 14.7 Å². The van der Waals surface area contributed by atoms with E-state index in [0.717, 1.165) is 40.3 Å². The summed E-state index contributed by atoms with van der Waals surface area (Å²) in [5, 5.41) is 5.10. The molecule has 0 fully saturated rings. The quantitative estimate of drug-likeness (QED) is 0.340. The Hall–Kier alpha value is -3.52. The lowest BCUT2D eigenvalue weighted by Crippen LogP contribution is -2.36. The maximum Gasteiger partial charge on any atom is 0.222 e. The molecule has 0 heterocycles. The van der Waals surface area contributed by atoms with Crippen LogP contribution in [0.3, 0.4) is 0 Å². The summed E-state index contributed by atoms with van der Waals surface area (Å²) in [5.41, 5.74) is 10.4. The molecular weight excluding hydrogens is 470 g/mol. The second-order valence-corrected chi connectivity index (χ2v) is 9.93. The minimum Gasteiger partial charge on any atom is -0.755 e. The van der Waals surface area contributed by atoms with Gasteiger partial charge < -0.3 is 15.6 Å². The largest absolute Gasteiger partial charge is 0.755 e. The molecule has 3 atom stereocenters. The van der Waals surface area contributed by atoms with Gasteiger partial charge in [0.05, 0.1) is 18.5 Å². The van der Waals surface area contributed by atoms with E-state index in [-0.39, 0.29) is 18.4 Å². The molecule has 0 radical (unpaired) electrons. The highest BCUT2D eigenvalue weighted by molar-refractivity contribution is 7.80. The summed E-state index contributed by atoms with van der Waals surface area (Å²) in [4.78, 5) is 13.3. The maximum absolute atomic E-state index is 13.3. The molecule has 1 aliphatic carbocycles. The lowest BCUT2D eigenvalue weighted by Gasteiger charge is -2.35. The number of aryl methyl sites for hydroxylation is 1. The van der Waals surface area contributed by atoms with E-state index in [1.165, 1.54) is 9.87 Å². The van der Waals surface area contributed by atoms with E-state index in [9.17, 15) is 13.6 Å². The van der Waals surface area contributed by atoms with E-state index >= 15 is 0 Å². The molecule has 4 aromatic rings. The normalized spacial score (nSPS) is 16.3. The highest BCUT2D eigenvalue weighted by Crippen LogP contribution is 2.35. The Bertz CT molecular complexity index is 1410. The molecule has 7 heteroatoms.